The topological polar surface area (TPSA) is 59.6 Å². The van der Waals surface area contributed by atoms with Crippen molar-refractivity contribution >= 4 is 6.09 Å². The molecule has 1 atom stereocenters. The van der Waals surface area contributed by atoms with E-state index in [0.29, 0.717) is 13.1 Å². The van der Waals surface area contributed by atoms with Gasteiger partial charge in [0.1, 0.15) is 5.75 Å². The number of amides is 1. The maximum absolute atomic E-state index is 10.8. The number of carbonyl (C=O) groups is 1. The van der Waals surface area contributed by atoms with Crippen LogP contribution in [0, 0.1) is 0 Å². The molecule has 1 aromatic rings. The Labute approximate surface area is 107 Å². The third-order valence-electron chi connectivity index (χ3n) is 2.62. The van der Waals surface area contributed by atoms with Gasteiger partial charge in [0.15, 0.2) is 0 Å². The summed E-state index contributed by atoms with van der Waals surface area (Å²) >= 11 is 0. The van der Waals surface area contributed by atoms with Crippen molar-refractivity contribution < 1.29 is 14.3 Å². The molecule has 5 nitrogen and oxygen atoms in total. The van der Waals surface area contributed by atoms with E-state index in [2.05, 4.69) is 22.3 Å². The summed E-state index contributed by atoms with van der Waals surface area (Å²) in [6.07, 6.45) is -0.411. The van der Waals surface area contributed by atoms with Gasteiger partial charge in [0.25, 0.3) is 0 Å². The van der Waals surface area contributed by atoms with Crippen molar-refractivity contribution in [1.82, 2.24) is 10.6 Å². The van der Waals surface area contributed by atoms with Gasteiger partial charge in [0.2, 0.25) is 0 Å². The molecule has 0 saturated heterocycles. The molecule has 0 aliphatic carbocycles. The largest absolute Gasteiger partial charge is 0.497 e. The highest BCUT2D eigenvalue weighted by Gasteiger charge is 2.05. The van der Waals surface area contributed by atoms with Crippen LogP contribution in [-0.2, 0) is 4.74 Å². The molecule has 5 heteroatoms. The number of methoxy groups -OCH3 is 2. The monoisotopic (exact) mass is 252 g/mol. The number of benzene rings is 1. The van der Waals surface area contributed by atoms with Crippen molar-refractivity contribution in [3.63, 3.8) is 0 Å². The third kappa shape index (κ3) is 4.63. The van der Waals surface area contributed by atoms with Crippen LogP contribution >= 0.6 is 0 Å². The third-order valence-corrected chi connectivity index (χ3v) is 2.62. The fraction of sp³-hybridized carbons (Fsp3) is 0.462. The average molecular weight is 252 g/mol. The molecule has 0 spiro atoms. The number of hydrogen-bond donors (Lipinski definition) is 2. The Balaban J connectivity index is 2.35. The average Bonchev–Trinajstić information content (AvgIpc) is 2.43. The zero-order valence-corrected chi connectivity index (χ0v) is 11.0. The molecule has 0 heterocycles. The lowest BCUT2D eigenvalue weighted by atomic mass is 10.1. The number of nitrogens with one attached hydrogen (secondary N) is 2. The van der Waals surface area contributed by atoms with E-state index in [9.17, 15) is 4.79 Å². The molecular weight excluding hydrogens is 232 g/mol. The Bertz CT molecular complexity index is 382. The Hall–Kier alpha value is -1.75. The van der Waals surface area contributed by atoms with Gasteiger partial charge in [-0.15, -0.1) is 0 Å². The van der Waals surface area contributed by atoms with Crippen molar-refractivity contribution in [2.45, 2.75) is 13.0 Å². The molecule has 1 aromatic carbocycles. The minimum Gasteiger partial charge on any atom is -0.497 e. The number of ether oxygens (including phenoxy) is 2. The zero-order chi connectivity index (χ0) is 13.4. The van der Waals surface area contributed by atoms with E-state index < -0.39 is 6.09 Å². The number of hydrogen-bond acceptors (Lipinski definition) is 4. The van der Waals surface area contributed by atoms with E-state index in [4.69, 9.17) is 4.74 Å². The quantitative estimate of drug-likeness (QED) is 0.757. The summed E-state index contributed by atoms with van der Waals surface area (Å²) in [6.45, 7) is 3.27. The molecule has 0 fully saturated rings. The first-order valence-electron chi connectivity index (χ1n) is 5.86. The lowest BCUT2D eigenvalue weighted by Crippen LogP contribution is -2.32. The Morgan fingerprint density at radius 3 is 2.78 bits per heavy atom. The Morgan fingerprint density at radius 1 is 1.33 bits per heavy atom. The van der Waals surface area contributed by atoms with E-state index in [0.717, 1.165) is 11.3 Å². The molecule has 18 heavy (non-hydrogen) atoms. The normalized spacial score (nSPS) is 11.7. The van der Waals surface area contributed by atoms with Gasteiger partial charge in [-0.1, -0.05) is 12.1 Å². The summed E-state index contributed by atoms with van der Waals surface area (Å²) in [7, 11) is 3.00. The molecule has 100 valence electrons. The first-order valence-corrected chi connectivity index (χ1v) is 5.86. The molecule has 0 aliphatic rings. The molecule has 1 rings (SSSR count). The highest BCUT2D eigenvalue weighted by molar-refractivity contribution is 5.66. The summed E-state index contributed by atoms with van der Waals surface area (Å²) in [6, 6.07) is 8.09. The SMILES string of the molecule is COC(=O)NCCNC(C)c1cccc(OC)c1. The van der Waals surface area contributed by atoms with Crippen LogP contribution in [-0.4, -0.2) is 33.4 Å². The molecule has 1 unspecified atom stereocenters. The molecule has 0 saturated carbocycles. The van der Waals surface area contributed by atoms with Gasteiger partial charge in [-0.05, 0) is 24.6 Å². The van der Waals surface area contributed by atoms with Crippen molar-refractivity contribution in [3.8, 4) is 5.75 Å². The van der Waals surface area contributed by atoms with E-state index in [1.54, 1.807) is 7.11 Å². The highest BCUT2D eigenvalue weighted by Crippen LogP contribution is 2.18. The number of rotatable bonds is 6. The molecule has 0 aromatic heterocycles. The highest BCUT2D eigenvalue weighted by atomic mass is 16.5. The van der Waals surface area contributed by atoms with E-state index >= 15 is 0 Å². The second-order valence-corrected chi connectivity index (χ2v) is 3.87. The summed E-state index contributed by atoms with van der Waals surface area (Å²) in [5.74, 6) is 0.842. The molecule has 0 bridgehead atoms. The first-order chi connectivity index (χ1) is 8.67. The van der Waals surface area contributed by atoms with Gasteiger partial charge in [0, 0.05) is 19.1 Å². The van der Waals surface area contributed by atoms with Crippen LogP contribution in [0.15, 0.2) is 24.3 Å². The van der Waals surface area contributed by atoms with Crippen LogP contribution in [0.4, 0.5) is 4.79 Å². The van der Waals surface area contributed by atoms with Gasteiger partial charge in [-0.25, -0.2) is 4.79 Å². The van der Waals surface area contributed by atoms with Crippen molar-refractivity contribution in [1.29, 1.82) is 0 Å². The van der Waals surface area contributed by atoms with Crippen LogP contribution in [0.1, 0.15) is 18.5 Å². The minimum absolute atomic E-state index is 0.194. The fourth-order valence-corrected chi connectivity index (χ4v) is 1.55. The second-order valence-electron chi connectivity index (χ2n) is 3.87. The summed E-state index contributed by atoms with van der Waals surface area (Å²) in [5.41, 5.74) is 1.15. The van der Waals surface area contributed by atoms with Crippen LogP contribution in [0.3, 0.4) is 0 Å². The molecule has 0 aliphatic heterocycles. The van der Waals surface area contributed by atoms with Gasteiger partial charge in [0.05, 0.1) is 14.2 Å². The van der Waals surface area contributed by atoms with Crippen molar-refractivity contribution in [2.24, 2.45) is 0 Å². The van der Waals surface area contributed by atoms with Crippen LogP contribution in [0.5, 0.6) is 5.75 Å². The predicted octanol–water partition coefficient (Wildman–Crippen LogP) is 1.70. The van der Waals surface area contributed by atoms with Crippen molar-refractivity contribution in [2.75, 3.05) is 27.3 Å². The van der Waals surface area contributed by atoms with Gasteiger partial charge < -0.3 is 20.1 Å². The summed E-state index contributed by atoms with van der Waals surface area (Å²) in [4.78, 5) is 10.8. The fourth-order valence-electron chi connectivity index (χ4n) is 1.55. The minimum atomic E-state index is -0.411. The maximum atomic E-state index is 10.8. The van der Waals surface area contributed by atoms with Crippen LogP contribution < -0.4 is 15.4 Å². The number of carbonyl (C=O) groups excluding carboxylic acids is 1. The lowest BCUT2D eigenvalue weighted by Gasteiger charge is -2.15. The van der Waals surface area contributed by atoms with Gasteiger partial charge >= 0.3 is 6.09 Å². The molecule has 1 amide bonds. The maximum Gasteiger partial charge on any atom is 0.406 e. The standard InChI is InChI=1S/C13H20N2O3/c1-10(14-7-8-15-13(16)18-3)11-5-4-6-12(9-11)17-2/h4-6,9-10,14H,7-8H2,1-3H3,(H,15,16). The first kappa shape index (κ1) is 14.3. The summed E-state index contributed by atoms with van der Waals surface area (Å²) < 4.78 is 9.65. The Kier molecular flexibility index (Phi) is 6.00. The molecule has 0 radical (unpaired) electrons. The van der Waals surface area contributed by atoms with Gasteiger partial charge in [-0.2, -0.15) is 0 Å². The molecular formula is C13H20N2O3. The molecule has 2 N–H and O–H groups in total. The van der Waals surface area contributed by atoms with Crippen LogP contribution in [0.2, 0.25) is 0 Å². The number of alkyl carbamates (subject to hydrolysis) is 1. The zero-order valence-electron chi connectivity index (χ0n) is 11.0. The second kappa shape index (κ2) is 7.55. The lowest BCUT2D eigenvalue weighted by molar-refractivity contribution is 0.171. The van der Waals surface area contributed by atoms with E-state index in [-0.39, 0.29) is 6.04 Å². The summed E-state index contributed by atoms with van der Waals surface area (Å²) in [5, 5.41) is 5.92. The van der Waals surface area contributed by atoms with E-state index in [1.807, 2.05) is 24.3 Å². The smallest absolute Gasteiger partial charge is 0.406 e. The van der Waals surface area contributed by atoms with Gasteiger partial charge in [-0.3, -0.25) is 0 Å². The van der Waals surface area contributed by atoms with E-state index in [1.165, 1.54) is 7.11 Å². The van der Waals surface area contributed by atoms with Crippen LogP contribution in [0.25, 0.3) is 0 Å². The Morgan fingerprint density at radius 2 is 2.11 bits per heavy atom. The van der Waals surface area contributed by atoms with Crippen molar-refractivity contribution in [3.05, 3.63) is 29.8 Å². The predicted molar refractivity (Wildman–Crippen MR) is 69.8 cm³/mol.